The second-order valence-corrected chi connectivity index (χ2v) is 8.17. The van der Waals surface area contributed by atoms with Crippen molar-refractivity contribution in [3.8, 4) is 0 Å². The number of carbonyl (C=O) groups is 1. The molecule has 4 heterocycles. The Kier molecular flexibility index (Phi) is 7.22. The molecule has 176 valence electrons. The van der Waals surface area contributed by atoms with Gasteiger partial charge in [0, 0.05) is 30.7 Å². The van der Waals surface area contributed by atoms with E-state index in [-0.39, 0.29) is 12.1 Å². The molecule has 0 aromatic carbocycles. The van der Waals surface area contributed by atoms with Crippen LogP contribution in [0.15, 0.2) is 60.0 Å². The molecule has 5 rings (SSSR count). The molecule has 1 aliphatic rings. The number of hydrogen-bond acceptors (Lipinski definition) is 6. The number of aromatic nitrogens is 5. The third-order valence-electron chi connectivity index (χ3n) is 5.22. The van der Waals surface area contributed by atoms with Gasteiger partial charge in [0.2, 0.25) is 5.91 Å². The Hall–Kier alpha value is -3.72. The summed E-state index contributed by atoms with van der Waals surface area (Å²) in [5.74, 6) is 1.17. The third-order valence-corrected chi connectivity index (χ3v) is 5.44. The molecule has 10 heteroatoms. The van der Waals surface area contributed by atoms with Crippen LogP contribution in [-0.2, 0) is 17.9 Å². The minimum atomic E-state index is -0.397. The Morgan fingerprint density at radius 1 is 1.09 bits per heavy atom. The summed E-state index contributed by atoms with van der Waals surface area (Å²) < 4.78 is 3.28. The number of amides is 1. The van der Waals surface area contributed by atoms with E-state index in [0.29, 0.717) is 29.1 Å². The summed E-state index contributed by atoms with van der Waals surface area (Å²) in [6.45, 7) is 4.30. The van der Waals surface area contributed by atoms with Gasteiger partial charge in [0.15, 0.2) is 0 Å². The number of nitrogens with one attached hydrogen (secondary N) is 2. The van der Waals surface area contributed by atoms with Crippen LogP contribution < -0.4 is 16.2 Å². The number of pyridine rings is 2. The molecule has 0 spiro atoms. The van der Waals surface area contributed by atoms with Crippen LogP contribution in [0.2, 0.25) is 5.02 Å². The molecule has 0 radical (unpaired) electrons. The second kappa shape index (κ2) is 10.5. The maximum absolute atomic E-state index is 12.3. The molecule has 1 saturated carbocycles. The van der Waals surface area contributed by atoms with Gasteiger partial charge in [-0.2, -0.15) is 0 Å². The van der Waals surface area contributed by atoms with Gasteiger partial charge in [-0.25, -0.2) is 15.0 Å². The molecular formula is C24H26ClN7O2. The van der Waals surface area contributed by atoms with E-state index in [4.69, 9.17) is 11.6 Å². The van der Waals surface area contributed by atoms with Gasteiger partial charge < -0.3 is 19.6 Å². The van der Waals surface area contributed by atoms with Crippen LogP contribution in [0.25, 0.3) is 5.65 Å². The number of nitrogens with zero attached hydrogens (tertiary/aromatic N) is 5. The highest BCUT2D eigenvalue weighted by molar-refractivity contribution is 6.30. The van der Waals surface area contributed by atoms with Crippen molar-refractivity contribution in [2.24, 2.45) is 0 Å². The molecule has 4 aromatic rings. The quantitative estimate of drug-likeness (QED) is 0.413. The van der Waals surface area contributed by atoms with Gasteiger partial charge in [-0.1, -0.05) is 31.5 Å². The molecule has 0 atom stereocenters. The molecular weight excluding hydrogens is 454 g/mol. The van der Waals surface area contributed by atoms with Gasteiger partial charge in [-0.15, -0.1) is 0 Å². The van der Waals surface area contributed by atoms with Gasteiger partial charge in [0.05, 0.1) is 17.3 Å². The summed E-state index contributed by atoms with van der Waals surface area (Å²) in [6, 6.07) is 8.61. The number of anilines is 2. The van der Waals surface area contributed by atoms with Crippen molar-refractivity contribution >= 4 is 34.8 Å². The van der Waals surface area contributed by atoms with Crippen molar-refractivity contribution in [3.05, 3.63) is 81.9 Å². The zero-order valence-electron chi connectivity index (χ0n) is 19.0. The molecule has 0 bridgehead atoms. The fourth-order valence-corrected chi connectivity index (χ4v) is 3.65. The predicted octanol–water partition coefficient (Wildman–Crippen LogP) is 4.09. The zero-order chi connectivity index (χ0) is 24.1. The van der Waals surface area contributed by atoms with E-state index in [0.717, 1.165) is 11.3 Å². The van der Waals surface area contributed by atoms with Crippen LogP contribution in [0.1, 0.15) is 43.9 Å². The van der Waals surface area contributed by atoms with E-state index in [2.05, 4.69) is 37.8 Å². The lowest BCUT2D eigenvalue weighted by molar-refractivity contribution is -0.116. The summed E-state index contributed by atoms with van der Waals surface area (Å²) in [7, 11) is 0. The summed E-state index contributed by atoms with van der Waals surface area (Å²) in [4.78, 5) is 37.0. The van der Waals surface area contributed by atoms with Gasteiger partial charge in [0.25, 0.3) is 5.56 Å². The second-order valence-electron chi connectivity index (χ2n) is 7.74. The minimum absolute atomic E-state index is 0.170. The van der Waals surface area contributed by atoms with Crippen LogP contribution in [-0.4, -0.2) is 29.8 Å². The van der Waals surface area contributed by atoms with Crippen molar-refractivity contribution in [3.63, 3.8) is 0 Å². The SMILES string of the molecule is CC.O=C(Cn1cc(Cl)ccc1=O)Nc1cc(NCc2cn3cc(C4CC4)ccc3n2)ncn1. The molecule has 1 fully saturated rings. The fourth-order valence-electron chi connectivity index (χ4n) is 3.47. The number of rotatable bonds is 7. The first-order chi connectivity index (χ1) is 16.5. The average molecular weight is 480 g/mol. The number of halogens is 1. The highest BCUT2D eigenvalue weighted by Crippen LogP contribution is 2.39. The van der Waals surface area contributed by atoms with Gasteiger partial charge in [-0.05, 0) is 36.5 Å². The van der Waals surface area contributed by atoms with Crippen LogP contribution in [0.5, 0.6) is 0 Å². The Labute approximate surface area is 201 Å². The van der Waals surface area contributed by atoms with E-state index in [9.17, 15) is 9.59 Å². The number of carbonyl (C=O) groups excluding carboxylic acids is 1. The summed E-state index contributed by atoms with van der Waals surface area (Å²) >= 11 is 5.89. The monoisotopic (exact) mass is 479 g/mol. The molecule has 34 heavy (non-hydrogen) atoms. The molecule has 4 aromatic heterocycles. The van der Waals surface area contributed by atoms with Gasteiger partial charge >= 0.3 is 0 Å². The topological polar surface area (TPSA) is 106 Å². The highest BCUT2D eigenvalue weighted by Gasteiger charge is 2.23. The standard InChI is InChI=1S/C22H20ClN7O2.C2H6/c23-16-4-6-22(32)30(10-16)12-21(31)28-19-7-18(25-13-26-19)24-8-17-11-29-9-15(14-1-2-14)3-5-20(29)27-17;1-2/h3-7,9-11,13-14H,1-2,8,12H2,(H2,24,25,26,28,31);1-2H3. The fraction of sp³-hybridized carbons (Fsp3) is 0.292. The largest absolute Gasteiger partial charge is 0.364 e. The van der Waals surface area contributed by atoms with Crippen molar-refractivity contribution in [1.82, 2.24) is 23.9 Å². The Morgan fingerprint density at radius 3 is 2.68 bits per heavy atom. The van der Waals surface area contributed by atoms with Gasteiger partial charge in [-0.3, -0.25) is 9.59 Å². The number of imidazole rings is 1. The number of fused-ring (bicyclic) bond motifs is 1. The summed E-state index contributed by atoms with van der Waals surface area (Å²) in [5.41, 5.74) is 2.82. The summed E-state index contributed by atoms with van der Waals surface area (Å²) in [5, 5.41) is 6.24. The van der Waals surface area contributed by atoms with Crippen LogP contribution in [0, 0.1) is 0 Å². The molecule has 9 nitrogen and oxygen atoms in total. The Bertz CT molecular complexity index is 1360. The molecule has 2 N–H and O–H groups in total. The van der Waals surface area contributed by atoms with Crippen LogP contribution in [0.4, 0.5) is 11.6 Å². The lowest BCUT2D eigenvalue weighted by Crippen LogP contribution is -2.27. The molecule has 1 amide bonds. The molecule has 1 aliphatic carbocycles. The van der Waals surface area contributed by atoms with Crippen molar-refractivity contribution in [2.75, 3.05) is 10.6 Å². The first kappa shape index (κ1) is 23.4. The van der Waals surface area contributed by atoms with Gasteiger partial charge in [0.1, 0.15) is 30.2 Å². The average Bonchev–Trinajstić information content (AvgIpc) is 3.61. The summed E-state index contributed by atoms with van der Waals surface area (Å²) in [6.07, 6.45) is 9.44. The van der Waals surface area contributed by atoms with Crippen LogP contribution in [0.3, 0.4) is 0 Å². The Morgan fingerprint density at radius 2 is 1.88 bits per heavy atom. The van der Waals surface area contributed by atoms with Crippen molar-refractivity contribution in [1.29, 1.82) is 0 Å². The van der Waals surface area contributed by atoms with Crippen molar-refractivity contribution < 1.29 is 4.79 Å². The van der Waals surface area contributed by atoms with E-state index in [1.165, 1.54) is 47.6 Å². The van der Waals surface area contributed by atoms with Crippen molar-refractivity contribution in [2.45, 2.75) is 45.7 Å². The van der Waals surface area contributed by atoms with Crippen LogP contribution >= 0.6 is 11.6 Å². The maximum Gasteiger partial charge on any atom is 0.251 e. The third kappa shape index (κ3) is 5.79. The normalized spacial score (nSPS) is 12.7. The smallest absolute Gasteiger partial charge is 0.251 e. The molecule has 0 unspecified atom stereocenters. The van der Waals surface area contributed by atoms with E-state index in [1.54, 1.807) is 6.07 Å². The zero-order valence-corrected chi connectivity index (χ0v) is 19.8. The molecule has 0 saturated heterocycles. The van der Waals surface area contributed by atoms with E-state index in [1.807, 2.05) is 30.5 Å². The minimum Gasteiger partial charge on any atom is -0.364 e. The lowest BCUT2D eigenvalue weighted by Gasteiger charge is -2.08. The van der Waals surface area contributed by atoms with E-state index < -0.39 is 5.91 Å². The first-order valence-corrected chi connectivity index (χ1v) is 11.6. The highest BCUT2D eigenvalue weighted by atomic mass is 35.5. The first-order valence-electron chi connectivity index (χ1n) is 11.2. The molecule has 0 aliphatic heterocycles. The number of hydrogen-bond donors (Lipinski definition) is 2. The Balaban J connectivity index is 0.00000133. The lowest BCUT2D eigenvalue weighted by atomic mass is 10.2. The maximum atomic E-state index is 12.3. The predicted molar refractivity (Wildman–Crippen MR) is 132 cm³/mol. The van der Waals surface area contributed by atoms with E-state index >= 15 is 0 Å².